The highest BCUT2D eigenvalue weighted by molar-refractivity contribution is 7.09. The summed E-state index contributed by atoms with van der Waals surface area (Å²) in [5.41, 5.74) is 8.99. The summed E-state index contributed by atoms with van der Waals surface area (Å²) in [6.45, 7) is 15.3. The first kappa shape index (κ1) is 33.9. The maximum absolute atomic E-state index is 8.00. The van der Waals surface area contributed by atoms with Crippen LogP contribution < -0.4 is 11.1 Å². The lowest BCUT2D eigenvalue weighted by Crippen LogP contribution is -2.17. The van der Waals surface area contributed by atoms with Crippen LogP contribution in [0.2, 0.25) is 0 Å². The zero-order chi connectivity index (χ0) is 28.1. The third kappa shape index (κ3) is 10.8. The SMILES string of the molecule is C=O.C=O.CC.CCCCc1nc2c(N)nc3ccccc3c2n1CCOCCNC.Cc1cccs1. The molecule has 1 aromatic carbocycles. The van der Waals surface area contributed by atoms with Gasteiger partial charge in [-0.2, -0.15) is 0 Å². The molecule has 9 heteroatoms. The number of nitrogens with two attached hydrogens (primary N) is 1. The number of fused-ring (bicyclic) bond motifs is 3. The van der Waals surface area contributed by atoms with E-state index in [1.807, 2.05) is 52.7 Å². The zero-order valence-corrected chi connectivity index (χ0v) is 23.8. The van der Waals surface area contributed by atoms with Crippen molar-refractivity contribution >= 4 is 52.7 Å². The fourth-order valence-electron chi connectivity index (χ4n) is 3.46. The van der Waals surface area contributed by atoms with Crippen molar-refractivity contribution in [1.82, 2.24) is 19.9 Å². The van der Waals surface area contributed by atoms with Gasteiger partial charge in [0, 0.05) is 29.8 Å². The van der Waals surface area contributed by atoms with Crippen molar-refractivity contribution in [2.75, 3.05) is 32.5 Å². The molecule has 0 aliphatic heterocycles. The number of para-hydroxylation sites is 1. The number of nitrogen functional groups attached to an aromatic ring is 1. The van der Waals surface area contributed by atoms with Crippen molar-refractivity contribution in [3.63, 3.8) is 0 Å². The minimum atomic E-state index is 0.501. The first-order chi connectivity index (χ1) is 18.2. The first-order valence-corrected chi connectivity index (χ1v) is 13.4. The van der Waals surface area contributed by atoms with Gasteiger partial charge in [0.1, 0.15) is 24.9 Å². The molecule has 0 saturated carbocycles. The summed E-state index contributed by atoms with van der Waals surface area (Å²) in [7, 11) is 1.93. The number of aromatic nitrogens is 3. The number of carbonyl (C=O) groups is 2. The van der Waals surface area contributed by atoms with E-state index < -0.39 is 0 Å². The number of imidazole rings is 1. The van der Waals surface area contributed by atoms with E-state index in [1.54, 1.807) is 11.3 Å². The van der Waals surface area contributed by atoms with E-state index in [0.29, 0.717) is 19.0 Å². The fraction of sp³-hybridized carbons (Fsp3) is 0.429. The van der Waals surface area contributed by atoms with E-state index in [1.165, 1.54) is 4.88 Å². The van der Waals surface area contributed by atoms with Crippen molar-refractivity contribution in [1.29, 1.82) is 0 Å². The second kappa shape index (κ2) is 21.0. The largest absolute Gasteiger partial charge is 0.382 e. The average molecular weight is 530 g/mol. The molecule has 0 bridgehead atoms. The van der Waals surface area contributed by atoms with Gasteiger partial charge in [0.25, 0.3) is 0 Å². The molecule has 37 heavy (non-hydrogen) atoms. The Balaban J connectivity index is 0.000000911. The summed E-state index contributed by atoms with van der Waals surface area (Å²) in [4.78, 5) is 26.7. The summed E-state index contributed by atoms with van der Waals surface area (Å²) >= 11 is 1.78. The van der Waals surface area contributed by atoms with E-state index in [2.05, 4.69) is 52.3 Å². The molecular formula is C28H43N5O3S. The smallest absolute Gasteiger partial charge is 0.152 e. The van der Waals surface area contributed by atoms with Crippen molar-refractivity contribution in [3.05, 3.63) is 52.5 Å². The van der Waals surface area contributed by atoms with Crippen LogP contribution in [0.15, 0.2) is 41.8 Å². The van der Waals surface area contributed by atoms with Gasteiger partial charge in [0.05, 0.1) is 24.2 Å². The molecule has 204 valence electrons. The zero-order valence-electron chi connectivity index (χ0n) is 23.0. The number of hydrogen-bond donors (Lipinski definition) is 2. The highest BCUT2D eigenvalue weighted by Gasteiger charge is 2.16. The lowest BCUT2D eigenvalue weighted by atomic mass is 10.2. The predicted molar refractivity (Wildman–Crippen MR) is 157 cm³/mol. The molecule has 4 aromatic rings. The van der Waals surface area contributed by atoms with Crippen LogP contribution in [0, 0.1) is 6.92 Å². The number of carbonyl (C=O) groups excluding carboxylic acids is 2. The third-order valence-corrected chi connectivity index (χ3v) is 5.86. The van der Waals surface area contributed by atoms with Gasteiger partial charge < -0.3 is 29.9 Å². The molecule has 0 unspecified atom stereocenters. The second-order valence-electron chi connectivity index (χ2n) is 7.43. The second-order valence-corrected chi connectivity index (χ2v) is 8.59. The molecule has 0 amide bonds. The van der Waals surface area contributed by atoms with Crippen LogP contribution in [0.5, 0.6) is 0 Å². The Morgan fingerprint density at radius 3 is 2.32 bits per heavy atom. The van der Waals surface area contributed by atoms with E-state index >= 15 is 0 Å². The number of thiophene rings is 1. The number of nitrogens with one attached hydrogen (secondary N) is 1. The van der Waals surface area contributed by atoms with Crippen LogP contribution >= 0.6 is 11.3 Å². The molecule has 3 aromatic heterocycles. The molecule has 0 fully saturated rings. The quantitative estimate of drug-likeness (QED) is 0.277. The van der Waals surface area contributed by atoms with Gasteiger partial charge in [-0.3, -0.25) is 0 Å². The summed E-state index contributed by atoms with van der Waals surface area (Å²) in [5, 5.41) is 6.27. The topological polar surface area (TPSA) is 112 Å². The number of anilines is 1. The van der Waals surface area contributed by atoms with Crippen molar-refractivity contribution in [3.8, 4) is 0 Å². The van der Waals surface area contributed by atoms with Crippen LogP contribution in [-0.4, -0.2) is 54.9 Å². The van der Waals surface area contributed by atoms with Crippen LogP contribution in [0.4, 0.5) is 5.82 Å². The number of unbranched alkanes of at least 4 members (excludes halogenated alkanes) is 1. The Morgan fingerprint density at radius 2 is 1.76 bits per heavy atom. The highest BCUT2D eigenvalue weighted by Crippen LogP contribution is 2.29. The Labute approximate surface area is 225 Å². The fourth-order valence-corrected chi connectivity index (χ4v) is 3.99. The molecule has 0 spiro atoms. The number of likely N-dealkylation sites (N-methyl/N-ethyl adjacent to an activating group) is 1. The number of aryl methyl sites for hydroxylation is 2. The summed E-state index contributed by atoms with van der Waals surface area (Å²) in [6, 6.07) is 12.3. The maximum Gasteiger partial charge on any atom is 0.152 e. The minimum absolute atomic E-state index is 0.501. The molecule has 3 N–H and O–H groups in total. The van der Waals surface area contributed by atoms with Crippen molar-refractivity contribution < 1.29 is 14.3 Å². The Kier molecular flexibility index (Phi) is 19.2. The maximum atomic E-state index is 8.00. The lowest BCUT2D eigenvalue weighted by molar-refractivity contribution is -0.0987. The standard InChI is InChI=1S/C19H27N5O.C5H6S.C2H6.2CH2O/c1-3-4-9-16-23-17-18(24(16)11-13-25-12-10-21-2)14-7-5-6-8-15(14)22-19(17)20;1-5-3-2-4-6-5;3*1-2/h5-8,21H,3-4,9-13H2,1-2H3,(H2,20,22);2-4H,1H3;1-2H3;2*1H2. The predicted octanol–water partition coefficient (Wildman–Crippen LogP) is 5.46. The average Bonchev–Trinajstić information content (AvgIpc) is 3.58. The van der Waals surface area contributed by atoms with Gasteiger partial charge in [-0.05, 0) is 37.9 Å². The molecule has 0 radical (unpaired) electrons. The van der Waals surface area contributed by atoms with Crippen LogP contribution in [-0.2, 0) is 27.3 Å². The molecular weight excluding hydrogens is 486 g/mol. The monoisotopic (exact) mass is 529 g/mol. The summed E-state index contributed by atoms with van der Waals surface area (Å²) < 4.78 is 8.01. The molecule has 0 aliphatic rings. The van der Waals surface area contributed by atoms with E-state index in [9.17, 15) is 0 Å². The van der Waals surface area contributed by atoms with E-state index in [0.717, 1.165) is 60.1 Å². The Hall–Kier alpha value is -3.14. The summed E-state index contributed by atoms with van der Waals surface area (Å²) in [6.07, 6.45) is 3.18. The normalized spacial score (nSPS) is 9.65. The lowest BCUT2D eigenvalue weighted by Gasteiger charge is -2.11. The number of pyridine rings is 1. The van der Waals surface area contributed by atoms with Gasteiger partial charge in [-0.15, -0.1) is 11.3 Å². The van der Waals surface area contributed by atoms with Gasteiger partial charge in [-0.1, -0.05) is 51.5 Å². The first-order valence-electron chi connectivity index (χ1n) is 12.5. The highest BCUT2D eigenvalue weighted by atomic mass is 32.1. The number of rotatable bonds is 9. The Morgan fingerprint density at radius 1 is 1.05 bits per heavy atom. The van der Waals surface area contributed by atoms with E-state index in [4.69, 9.17) is 25.0 Å². The van der Waals surface area contributed by atoms with E-state index in [-0.39, 0.29) is 0 Å². The Bertz CT molecular complexity index is 1110. The summed E-state index contributed by atoms with van der Waals surface area (Å²) in [5.74, 6) is 1.57. The number of hydrogen-bond acceptors (Lipinski definition) is 8. The van der Waals surface area contributed by atoms with Crippen molar-refractivity contribution in [2.24, 2.45) is 0 Å². The van der Waals surface area contributed by atoms with Gasteiger partial charge >= 0.3 is 0 Å². The molecule has 4 rings (SSSR count). The number of ether oxygens (including phenoxy) is 1. The van der Waals surface area contributed by atoms with Crippen molar-refractivity contribution in [2.45, 2.75) is 53.5 Å². The molecule has 0 saturated heterocycles. The van der Waals surface area contributed by atoms with Gasteiger partial charge in [0.15, 0.2) is 5.82 Å². The molecule has 0 aliphatic carbocycles. The minimum Gasteiger partial charge on any atom is -0.382 e. The number of benzene rings is 1. The van der Waals surface area contributed by atoms with Gasteiger partial charge in [-0.25, -0.2) is 9.97 Å². The third-order valence-electron chi connectivity index (χ3n) is 5.06. The number of nitrogens with zero attached hydrogens (tertiary/aromatic N) is 3. The van der Waals surface area contributed by atoms with Crippen LogP contribution in [0.1, 0.15) is 44.3 Å². The van der Waals surface area contributed by atoms with Crippen LogP contribution in [0.25, 0.3) is 21.9 Å². The van der Waals surface area contributed by atoms with Gasteiger partial charge in [0.2, 0.25) is 0 Å². The molecule has 3 heterocycles. The molecule has 0 atom stereocenters. The van der Waals surface area contributed by atoms with Crippen LogP contribution in [0.3, 0.4) is 0 Å². The molecule has 8 nitrogen and oxygen atoms in total.